The number of carbonyl (C=O) groups is 2. The number of nitrogens with two attached hydrogens (primary N) is 1. The van der Waals surface area contributed by atoms with Crippen molar-refractivity contribution in [3.05, 3.63) is 84.4 Å². The van der Waals surface area contributed by atoms with Gasteiger partial charge in [0.05, 0.1) is 4.90 Å². The highest BCUT2D eigenvalue weighted by molar-refractivity contribution is 7.89. The van der Waals surface area contributed by atoms with Crippen LogP contribution in [0.4, 0.5) is 5.69 Å². The molecular formula is C22H20N2O5S. The summed E-state index contributed by atoms with van der Waals surface area (Å²) in [5, 5.41) is 7.65. The third-order valence-corrected chi connectivity index (χ3v) is 5.13. The minimum absolute atomic E-state index is 0.00195. The molecule has 0 heterocycles. The second-order valence-corrected chi connectivity index (χ2v) is 8.04. The molecule has 0 saturated heterocycles. The Morgan fingerprint density at radius 1 is 0.800 bits per heavy atom. The number of rotatable bonds is 8. The average Bonchev–Trinajstić information content (AvgIpc) is 2.73. The lowest BCUT2D eigenvalue weighted by Gasteiger charge is -2.07. The largest absolute Gasteiger partial charge is 0.457 e. The fraction of sp³-hybridized carbons (Fsp3) is 0.0909. The van der Waals surface area contributed by atoms with Crippen molar-refractivity contribution >= 4 is 27.4 Å². The topological polar surface area (TPSA) is 116 Å². The number of amides is 1. The van der Waals surface area contributed by atoms with Crippen LogP contribution in [0.1, 0.15) is 23.2 Å². The molecule has 3 rings (SSSR count). The van der Waals surface area contributed by atoms with Gasteiger partial charge in [-0.25, -0.2) is 13.6 Å². The molecule has 0 aromatic heterocycles. The third-order valence-electron chi connectivity index (χ3n) is 4.20. The molecule has 3 aromatic carbocycles. The minimum Gasteiger partial charge on any atom is -0.457 e. The Hall–Kier alpha value is -3.49. The number of sulfonamides is 1. The maximum atomic E-state index is 12.3. The molecule has 8 heteroatoms. The van der Waals surface area contributed by atoms with Gasteiger partial charge in [0.15, 0.2) is 5.78 Å². The first-order chi connectivity index (χ1) is 14.3. The average molecular weight is 424 g/mol. The van der Waals surface area contributed by atoms with Crippen molar-refractivity contribution in [1.82, 2.24) is 0 Å². The summed E-state index contributed by atoms with van der Waals surface area (Å²) in [6.07, 6.45) is 0.0397. The molecule has 0 radical (unpaired) electrons. The van der Waals surface area contributed by atoms with Crippen LogP contribution in [0.25, 0.3) is 0 Å². The number of anilines is 1. The van der Waals surface area contributed by atoms with Crippen molar-refractivity contribution in [2.75, 3.05) is 5.32 Å². The molecule has 7 nitrogen and oxygen atoms in total. The van der Waals surface area contributed by atoms with E-state index in [1.807, 2.05) is 30.3 Å². The van der Waals surface area contributed by atoms with Gasteiger partial charge in [-0.05, 0) is 60.7 Å². The Balaban J connectivity index is 1.50. The van der Waals surface area contributed by atoms with Gasteiger partial charge in [0.1, 0.15) is 11.5 Å². The van der Waals surface area contributed by atoms with Crippen molar-refractivity contribution in [2.45, 2.75) is 17.7 Å². The SMILES string of the molecule is NS(=O)(=O)c1ccc(NC(=O)CCC(=O)c2ccc(Oc3ccccc3)cc2)cc1. The number of hydrogen-bond acceptors (Lipinski definition) is 5. The van der Waals surface area contributed by atoms with Crippen LogP contribution in [0.2, 0.25) is 0 Å². The Labute approximate surface area is 174 Å². The van der Waals surface area contributed by atoms with Gasteiger partial charge in [0, 0.05) is 24.1 Å². The summed E-state index contributed by atoms with van der Waals surface area (Å²) in [5.74, 6) is 0.792. The summed E-state index contributed by atoms with van der Waals surface area (Å²) in [7, 11) is -3.79. The van der Waals surface area contributed by atoms with Crippen LogP contribution in [-0.4, -0.2) is 20.1 Å². The fourth-order valence-electron chi connectivity index (χ4n) is 2.66. The quantitative estimate of drug-likeness (QED) is 0.535. The fourth-order valence-corrected chi connectivity index (χ4v) is 3.17. The number of ketones is 1. The lowest BCUT2D eigenvalue weighted by atomic mass is 10.1. The van der Waals surface area contributed by atoms with Gasteiger partial charge in [-0.3, -0.25) is 9.59 Å². The van der Waals surface area contributed by atoms with E-state index in [-0.39, 0.29) is 29.4 Å². The summed E-state index contributed by atoms with van der Waals surface area (Å²) in [6, 6.07) is 21.5. The van der Waals surface area contributed by atoms with E-state index in [2.05, 4.69) is 5.32 Å². The van der Waals surface area contributed by atoms with Crippen LogP contribution in [-0.2, 0) is 14.8 Å². The van der Waals surface area contributed by atoms with Crippen LogP contribution < -0.4 is 15.2 Å². The first-order valence-corrected chi connectivity index (χ1v) is 10.6. The van der Waals surface area contributed by atoms with E-state index in [0.29, 0.717) is 22.7 Å². The molecule has 0 aliphatic rings. The van der Waals surface area contributed by atoms with Gasteiger partial charge >= 0.3 is 0 Å². The molecule has 0 spiro atoms. The summed E-state index contributed by atoms with van der Waals surface area (Å²) in [4.78, 5) is 24.3. The Kier molecular flexibility index (Phi) is 6.61. The first-order valence-electron chi connectivity index (χ1n) is 9.10. The Morgan fingerprint density at radius 2 is 1.40 bits per heavy atom. The van der Waals surface area contributed by atoms with Crippen molar-refractivity contribution in [3.63, 3.8) is 0 Å². The highest BCUT2D eigenvalue weighted by atomic mass is 32.2. The zero-order chi connectivity index (χ0) is 21.6. The number of Topliss-reactive ketones (excluding diaryl/α,β-unsaturated/α-hetero) is 1. The number of nitrogens with one attached hydrogen (secondary N) is 1. The molecule has 1 amide bonds. The van der Waals surface area contributed by atoms with Gasteiger partial charge in [-0.2, -0.15) is 0 Å². The molecule has 3 aromatic rings. The van der Waals surface area contributed by atoms with E-state index < -0.39 is 10.0 Å². The second kappa shape index (κ2) is 9.34. The predicted molar refractivity (Wildman–Crippen MR) is 113 cm³/mol. The van der Waals surface area contributed by atoms with Crippen LogP contribution >= 0.6 is 0 Å². The molecule has 0 bridgehead atoms. The van der Waals surface area contributed by atoms with Crippen molar-refractivity contribution < 1.29 is 22.7 Å². The van der Waals surface area contributed by atoms with Crippen LogP contribution in [0, 0.1) is 0 Å². The van der Waals surface area contributed by atoms with Gasteiger partial charge in [0.25, 0.3) is 0 Å². The van der Waals surface area contributed by atoms with Gasteiger partial charge in [-0.15, -0.1) is 0 Å². The molecule has 0 atom stereocenters. The van der Waals surface area contributed by atoms with E-state index in [4.69, 9.17) is 9.88 Å². The Morgan fingerprint density at radius 3 is 2.00 bits per heavy atom. The molecule has 0 saturated carbocycles. The first kappa shape index (κ1) is 21.2. The highest BCUT2D eigenvalue weighted by Gasteiger charge is 2.11. The zero-order valence-electron chi connectivity index (χ0n) is 15.9. The van der Waals surface area contributed by atoms with Gasteiger partial charge < -0.3 is 10.1 Å². The molecule has 30 heavy (non-hydrogen) atoms. The zero-order valence-corrected chi connectivity index (χ0v) is 16.8. The van der Waals surface area contributed by atoms with Crippen LogP contribution in [0.5, 0.6) is 11.5 Å². The second-order valence-electron chi connectivity index (χ2n) is 6.48. The summed E-state index contributed by atoms with van der Waals surface area (Å²) in [6.45, 7) is 0. The third kappa shape index (κ3) is 6.00. The monoisotopic (exact) mass is 424 g/mol. The molecular weight excluding hydrogens is 404 g/mol. The molecule has 0 unspecified atom stereocenters. The number of primary sulfonamides is 1. The van der Waals surface area contributed by atoms with Crippen molar-refractivity contribution in [1.29, 1.82) is 0 Å². The summed E-state index contributed by atoms with van der Waals surface area (Å²) in [5.41, 5.74) is 0.906. The van der Waals surface area contributed by atoms with Crippen LogP contribution in [0.15, 0.2) is 83.8 Å². The maximum absolute atomic E-state index is 12.3. The van der Waals surface area contributed by atoms with Crippen molar-refractivity contribution in [2.24, 2.45) is 5.14 Å². The minimum atomic E-state index is -3.79. The predicted octanol–water partition coefficient (Wildman–Crippen LogP) is 3.73. The lowest BCUT2D eigenvalue weighted by Crippen LogP contribution is -2.14. The summed E-state index contributed by atoms with van der Waals surface area (Å²) >= 11 is 0. The number of para-hydroxylation sites is 1. The van der Waals surface area contributed by atoms with Crippen LogP contribution in [0.3, 0.4) is 0 Å². The van der Waals surface area contributed by atoms with Gasteiger partial charge in [0.2, 0.25) is 15.9 Å². The standard InChI is InChI=1S/C22H20N2O5S/c23-30(27,28)20-12-8-17(9-13-20)24-22(26)15-14-21(25)16-6-10-19(11-7-16)29-18-4-2-1-3-5-18/h1-13H,14-15H2,(H,24,26)(H2,23,27,28). The Bertz CT molecular complexity index is 1130. The van der Waals surface area contributed by atoms with E-state index >= 15 is 0 Å². The van der Waals surface area contributed by atoms with E-state index in [0.717, 1.165) is 0 Å². The number of hydrogen-bond donors (Lipinski definition) is 2. The van der Waals surface area contributed by atoms with E-state index in [9.17, 15) is 18.0 Å². The summed E-state index contributed by atoms with van der Waals surface area (Å²) < 4.78 is 28.2. The number of ether oxygens (including phenoxy) is 1. The smallest absolute Gasteiger partial charge is 0.238 e. The number of benzene rings is 3. The normalized spacial score (nSPS) is 11.0. The van der Waals surface area contributed by atoms with Crippen molar-refractivity contribution in [3.8, 4) is 11.5 Å². The lowest BCUT2D eigenvalue weighted by molar-refractivity contribution is -0.116. The number of carbonyl (C=O) groups excluding carboxylic acids is 2. The maximum Gasteiger partial charge on any atom is 0.238 e. The van der Waals surface area contributed by atoms with Gasteiger partial charge in [-0.1, -0.05) is 18.2 Å². The highest BCUT2D eigenvalue weighted by Crippen LogP contribution is 2.21. The molecule has 0 aliphatic carbocycles. The molecule has 154 valence electrons. The molecule has 3 N–H and O–H groups in total. The molecule has 0 aliphatic heterocycles. The van der Waals surface area contributed by atoms with E-state index in [1.165, 1.54) is 24.3 Å². The van der Waals surface area contributed by atoms with E-state index in [1.54, 1.807) is 24.3 Å². The molecule has 0 fully saturated rings.